The van der Waals surface area contributed by atoms with Gasteiger partial charge in [0.1, 0.15) is 0 Å². The third kappa shape index (κ3) is 2.97. The van der Waals surface area contributed by atoms with Crippen molar-refractivity contribution in [2.24, 2.45) is 5.73 Å². The van der Waals surface area contributed by atoms with Crippen LogP contribution in [-0.2, 0) is 10.9 Å². The van der Waals surface area contributed by atoms with Gasteiger partial charge in [-0.15, -0.1) is 11.3 Å². The molecule has 1 saturated heterocycles. The molecule has 1 aromatic heterocycles. The Balaban J connectivity index is 2.08. The minimum Gasteiger partial charge on any atom is -0.376 e. The second-order valence-corrected chi connectivity index (χ2v) is 5.06. The third-order valence-corrected chi connectivity index (χ3v) is 3.85. The highest BCUT2D eigenvalue weighted by Gasteiger charge is 2.36. The highest BCUT2D eigenvalue weighted by Crippen LogP contribution is 2.35. The lowest BCUT2D eigenvalue weighted by molar-refractivity contribution is -0.137. The zero-order valence-electron chi connectivity index (χ0n) is 9.04. The fraction of sp³-hybridized carbons (Fsp3) is 0.700. The molecule has 1 aromatic rings. The molecule has 2 atom stereocenters. The molecule has 2 heterocycles. The van der Waals surface area contributed by atoms with Crippen LogP contribution in [-0.4, -0.2) is 17.7 Å². The zero-order valence-corrected chi connectivity index (χ0v) is 9.85. The van der Waals surface area contributed by atoms with Gasteiger partial charge in [-0.1, -0.05) is 0 Å². The minimum absolute atomic E-state index is 0.190. The number of hydrogen-bond donors (Lipinski definition) is 1. The van der Waals surface area contributed by atoms with Crippen molar-refractivity contribution in [3.63, 3.8) is 0 Å². The average Bonchev–Trinajstić information content (AvgIpc) is 2.78. The fourth-order valence-corrected chi connectivity index (χ4v) is 2.64. The van der Waals surface area contributed by atoms with Crippen molar-refractivity contribution in [3.05, 3.63) is 16.1 Å². The van der Waals surface area contributed by atoms with Crippen LogP contribution >= 0.6 is 11.3 Å². The van der Waals surface area contributed by atoms with Gasteiger partial charge in [0, 0.05) is 17.7 Å². The smallest absolute Gasteiger partial charge is 0.376 e. The Labute approximate surface area is 101 Å². The number of ether oxygens (including phenoxy) is 1. The Kier molecular flexibility index (Phi) is 3.70. The molecule has 3 nitrogen and oxygen atoms in total. The predicted molar refractivity (Wildman–Crippen MR) is 57.6 cm³/mol. The summed E-state index contributed by atoms with van der Waals surface area (Å²) in [7, 11) is 0. The summed E-state index contributed by atoms with van der Waals surface area (Å²) < 4.78 is 42.6. The van der Waals surface area contributed by atoms with E-state index in [2.05, 4.69) is 4.98 Å². The molecule has 0 bridgehead atoms. The van der Waals surface area contributed by atoms with Crippen LogP contribution in [0.5, 0.6) is 0 Å². The van der Waals surface area contributed by atoms with Crippen LogP contribution in [0, 0.1) is 0 Å². The van der Waals surface area contributed by atoms with Gasteiger partial charge in [0.25, 0.3) is 0 Å². The molecule has 1 aliphatic heterocycles. The van der Waals surface area contributed by atoms with E-state index in [9.17, 15) is 13.2 Å². The summed E-state index contributed by atoms with van der Waals surface area (Å²) in [4.78, 5) is 3.80. The maximum absolute atomic E-state index is 12.4. The third-order valence-electron chi connectivity index (χ3n) is 2.71. The SMILES string of the molecule is NC(c1cnc(C(F)(F)F)s1)C1CCCCO1. The Morgan fingerprint density at radius 2 is 2.24 bits per heavy atom. The van der Waals surface area contributed by atoms with Gasteiger partial charge in [-0.3, -0.25) is 0 Å². The number of nitrogens with two attached hydrogens (primary N) is 1. The first kappa shape index (κ1) is 12.8. The van der Waals surface area contributed by atoms with Crippen molar-refractivity contribution in [3.8, 4) is 0 Å². The lowest BCUT2D eigenvalue weighted by atomic mass is 10.0. The van der Waals surface area contributed by atoms with E-state index in [1.54, 1.807) is 0 Å². The van der Waals surface area contributed by atoms with E-state index in [0.717, 1.165) is 19.3 Å². The van der Waals surface area contributed by atoms with Crippen molar-refractivity contribution < 1.29 is 17.9 Å². The molecule has 0 aliphatic carbocycles. The Bertz CT molecular complexity index is 374. The second-order valence-electron chi connectivity index (χ2n) is 4.00. The van der Waals surface area contributed by atoms with Crippen LogP contribution in [0.25, 0.3) is 0 Å². The molecule has 2 unspecified atom stereocenters. The summed E-state index contributed by atoms with van der Waals surface area (Å²) in [6, 6.07) is -0.510. The first-order chi connectivity index (χ1) is 7.98. The number of rotatable bonds is 2. The highest BCUT2D eigenvalue weighted by molar-refractivity contribution is 7.11. The van der Waals surface area contributed by atoms with E-state index in [1.165, 1.54) is 6.20 Å². The Morgan fingerprint density at radius 1 is 1.47 bits per heavy atom. The van der Waals surface area contributed by atoms with Crippen LogP contribution in [0.15, 0.2) is 6.20 Å². The molecular weight excluding hydrogens is 253 g/mol. The number of thiazole rings is 1. The van der Waals surface area contributed by atoms with Gasteiger partial charge in [0.15, 0.2) is 5.01 Å². The first-order valence-electron chi connectivity index (χ1n) is 5.38. The molecule has 1 fully saturated rings. The van der Waals surface area contributed by atoms with Gasteiger partial charge in [0.05, 0.1) is 12.1 Å². The molecule has 96 valence electrons. The molecule has 0 spiro atoms. The normalized spacial score (nSPS) is 23.6. The molecule has 0 aromatic carbocycles. The maximum Gasteiger partial charge on any atom is 0.443 e. The maximum atomic E-state index is 12.4. The van der Waals surface area contributed by atoms with Crippen molar-refractivity contribution in [2.75, 3.05) is 6.61 Å². The summed E-state index contributed by atoms with van der Waals surface area (Å²) in [6.07, 6.45) is -0.597. The van der Waals surface area contributed by atoms with Gasteiger partial charge < -0.3 is 10.5 Å². The van der Waals surface area contributed by atoms with Crippen LogP contribution in [0.3, 0.4) is 0 Å². The highest BCUT2D eigenvalue weighted by atomic mass is 32.1. The summed E-state index contributed by atoms with van der Waals surface area (Å²) in [5, 5.41) is -0.848. The topological polar surface area (TPSA) is 48.1 Å². The predicted octanol–water partition coefficient (Wildman–Crippen LogP) is 2.73. The van der Waals surface area contributed by atoms with Crippen LogP contribution in [0.1, 0.15) is 35.2 Å². The Morgan fingerprint density at radius 3 is 2.76 bits per heavy atom. The minimum atomic E-state index is -4.39. The molecule has 0 saturated carbocycles. The lowest BCUT2D eigenvalue weighted by Gasteiger charge is -2.26. The van der Waals surface area contributed by atoms with Crippen molar-refractivity contribution in [1.82, 2.24) is 4.98 Å². The van der Waals surface area contributed by atoms with Crippen LogP contribution in [0.2, 0.25) is 0 Å². The van der Waals surface area contributed by atoms with Gasteiger partial charge in [-0.25, -0.2) is 4.98 Å². The molecule has 0 amide bonds. The number of hydrogen-bond acceptors (Lipinski definition) is 4. The second kappa shape index (κ2) is 4.91. The molecule has 2 N–H and O–H groups in total. The molecule has 7 heteroatoms. The molecule has 17 heavy (non-hydrogen) atoms. The summed E-state index contributed by atoms with van der Waals surface area (Å²) in [5.74, 6) is 0. The quantitative estimate of drug-likeness (QED) is 0.895. The number of aromatic nitrogens is 1. The van der Waals surface area contributed by atoms with E-state index in [4.69, 9.17) is 10.5 Å². The van der Waals surface area contributed by atoms with Gasteiger partial charge in [-0.05, 0) is 19.3 Å². The van der Waals surface area contributed by atoms with E-state index in [0.29, 0.717) is 22.8 Å². The number of nitrogens with zero attached hydrogens (tertiary/aromatic N) is 1. The molecular formula is C10H13F3N2OS. The van der Waals surface area contributed by atoms with E-state index in [1.807, 2.05) is 0 Å². The first-order valence-corrected chi connectivity index (χ1v) is 6.20. The summed E-state index contributed by atoms with van der Waals surface area (Å²) in [6.45, 7) is 0.628. The lowest BCUT2D eigenvalue weighted by Crippen LogP contribution is -2.31. The standard InChI is InChI=1S/C10H13F3N2OS/c11-10(12,13)9-15-5-7(17-9)8(14)6-3-1-2-4-16-6/h5-6,8H,1-4,14H2. The fourth-order valence-electron chi connectivity index (χ4n) is 1.80. The molecule has 1 aliphatic rings. The number of halogens is 3. The zero-order chi connectivity index (χ0) is 12.5. The molecule has 2 rings (SSSR count). The average molecular weight is 266 g/mol. The van der Waals surface area contributed by atoms with E-state index in [-0.39, 0.29) is 6.10 Å². The van der Waals surface area contributed by atoms with Gasteiger partial charge in [0.2, 0.25) is 0 Å². The van der Waals surface area contributed by atoms with Crippen molar-refractivity contribution >= 4 is 11.3 Å². The molecule has 0 radical (unpaired) electrons. The van der Waals surface area contributed by atoms with E-state index < -0.39 is 17.2 Å². The van der Waals surface area contributed by atoms with Crippen LogP contribution in [0.4, 0.5) is 13.2 Å². The number of alkyl halides is 3. The van der Waals surface area contributed by atoms with E-state index >= 15 is 0 Å². The van der Waals surface area contributed by atoms with Gasteiger partial charge >= 0.3 is 6.18 Å². The Hall–Kier alpha value is -0.660. The summed E-state index contributed by atoms with van der Waals surface area (Å²) in [5.41, 5.74) is 5.90. The van der Waals surface area contributed by atoms with Gasteiger partial charge in [-0.2, -0.15) is 13.2 Å². The van der Waals surface area contributed by atoms with Crippen molar-refractivity contribution in [1.29, 1.82) is 0 Å². The van der Waals surface area contributed by atoms with Crippen molar-refractivity contribution in [2.45, 2.75) is 37.6 Å². The summed E-state index contributed by atoms with van der Waals surface area (Å²) >= 11 is 0.600. The largest absolute Gasteiger partial charge is 0.443 e. The van der Waals surface area contributed by atoms with Crippen LogP contribution < -0.4 is 5.73 Å². The monoisotopic (exact) mass is 266 g/mol.